The van der Waals surface area contributed by atoms with Gasteiger partial charge in [-0.25, -0.2) is 0 Å². The summed E-state index contributed by atoms with van der Waals surface area (Å²) in [4.78, 5) is 26.2. The van der Waals surface area contributed by atoms with Crippen molar-refractivity contribution in [3.05, 3.63) is 81.0 Å². The number of hydrogen-bond acceptors (Lipinski definition) is 4. The number of aromatic amines is 1. The average Bonchev–Trinajstić information content (AvgIpc) is 2.60. The van der Waals surface area contributed by atoms with E-state index in [2.05, 4.69) is 4.98 Å². The van der Waals surface area contributed by atoms with Gasteiger partial charge in [-0.1, -0.05) is 36.4 Å². The molecule has 24 heavy (non-hydrogen) atoms. The molecule has 116 valence electrons. The summed E-state index contributed by atoms with van der Waals surface area (Å²) in [5, 5.41) is 11.3. The van der Waals surface area contributed by atoms with Crippen LogP contribution in [0.4, 0.5) is 0 Å². The van der Waals surface area contributed by atoms with E-state index in [-0.39, 0.29) is 15.9 Å². The fourth-order valence-corrected chi connectivity index (χ4v) is 2.51. The van der Waals surface area contributed by atoms with Crippen LogP contribution in [0.15, 0.2) is 65.1 Å². The Hall–Kier alpha value is -3.30. The van der Waals surface area contributed by atoms with E-state index in [4.69, 9.17) is 12.2 Å². The van der Waals surface area contributed by atoms with Crippen LogP contribution >= 0.6 is 12.2 Å². The molecular formula is C18H11N3O2S. The molecule has 0 aliphatic rings. The highest BCUT2D eigenvalue weighted by atomic mass is 32.1. The summed E-state index contributed by atoms with van der Waals surface area (Å²) in [5.41, 5.74) is -0.00473. The van der Waals surface area contributed by atoms with Crippen LogP contribution in [-0.2, 0) is 0 Å². The van der Waals surface area contributed by atoms with Gasteiger partial charge in [0, 0.05) is 24.0 Å². The predicted octanol–water partition coefficient (Wildman–Crippen LogP) is 3.31. The van der Waals surface area contributed by atoms with Crippen LogP contribution in [0.2, 0.25) is 0 Å². The zero-order chi connectivity index (χ0) is 17.1. The molecular weight excluding hydrogens is 322 g/mol. The lowest BCUT2D eigenvalue weighted by atomic mass is 10.0. The molecule has 0 spiro atoms. The van der Waals surface area contributed by atoms with Gasteiger partial charge in [0.05, 0.1) is 0 Å². The van der Waals surface area contributed by atoms with Gasteiger partial charge in [0.15, 0.2) is 4.77 Å². The first-order valence-electron chi connectivity index (χ1n) is 7.05. The van der Waals surface area contributed by atoms with Crippen molar-refractivity contribution in [2.75, 3.05) is 0 Å². The van der Waals surface area contributed by atoms with Crippen LogP contribution in [0.5, 0.6) is 0 Å². The van der Waals surface area contributed by atoms with Gasteiger partial charge in [-0.2, -0.15) is 5.26 Å². The number of H-pyrrole nitrogens is 1. The average molecular weight is 333 g/mol. The summed E-state index contributed by atoms with van der Waals surface area (Å²) < 4.78 is 1.47. The van der Waals surface area contributed by atoms with Gasteiger partial charge < -0.3 is 0 Å². The molecule has 0 radical (unpaired) electrons. The van der Waals surface area contributed by atoms with E-state index in [1.807, 2.05) is 36.4 Å². The quantitative estimate of drug-likeness (QED) is 0.345. The number of allylic oxidation sites excluding steroid dienone is 1. The zero-order valence-electron chi connectivity index (χ0n) is 12.4. The summed E-state index contributed by atoms with van der Waals surface area (Å²) >= 11 is 5.01. The number of rotatable bonds is 3. The number of ketones is 1. The third-order valence-corrected chi connectivity index (χ3v) is 3.81. The second-order valence-corrected chi connectivity index (χ2v) is 5.45. The standard InChI is InChI=1S/C18H11N3O2S/c19-10-15(11-21-8-7-16(22)20-18(21)24)17(23)14-6-5-12-3-1-2-4-13(12)9-14/h1-9,11H,(H,20,22,24)/b15-11-. The molecule has 0 saturated heterocycles. The number of hydrogen-bond donors (Lipinski definition) is 1. The first-order valence-corrected chi connectivity index (χ1v) is 7.46. The highest BCUT2D eigenvalue weighted by Gasteiger charge is 2.13. The van der Waals surface area contributed by atoms with E-state index in [0.717, 1.165) is 10.8 Å². The molecule has 0 bridgehead atoms. The molecule has 5 nitrogen and oxygen atoms in total. The van der Waals surface area contributed by atoms with Crippen LogP contribution in [0.3, 0.4) is 0 Å². The largest absolute Gasteiger partial charge is 0.299 e. The Balaban J connectivity index is 2.05. The topological polar surface area (TPSA) is 78.7 Å². The zero-order valence-corrected chi connectivity index (χ0v) is 13.2. The lowest BCUT2D eigenvalue weighted by Gasteiger charge is -2.04. The molecule has 3 aromatic rings. The molecule has 6 heteroatoms. The summed E-state index contributed by atoms with van der Waals surface area (Å²) in [6.45, 7) is 0. The van der Waals surface area contributed by atoms with Crippen molar-refractivity contribution in [1.82, 2.24) is 9.55 Å². The second kappa shape index (κ2) is 6.44. The van der Waals surface area contributed by atoms with E-state index in [0.29, 0.717) is 5.56 Å². The highest BCUT2D eigenvalue weighted by molar-refractivity contribution is 7.71. The summed E-state index contributed by atoms with van der Waals surface area (Å²) in [6.07, 6.45) is 2.72. The first-order chi connectivity index (χ1) is 11.6. The normalized spacial score (nSPS) is 11.2. The van der Waals surface area contributed by atoms with Crippen molar-refractivity contribution >= 4 is 35.0 Å². The molecule has 1 N–H and O–H groups in total. The SMILES string of the molecule is N#C/C(=C/n1ccc(=O)[nH]c1=S)C(=O)c1ccc2ccccc2c1. The number of Topliss-reactive ketones (excluding diaryl/α,β-unsaturated/α-hetero) is 1. The number of fused-ring (bicyclic) bond motifs is 1. The monoisotopic (exact) mass is 333 g/mol. The van der Waals surface area contributed by atoms with Crippen LogP contribution in [-0.4, -0.2) is 15.3 Å². The van der Waals surface area contributed by atoms with Gasteiger partial charge in [0.1, 0.15) is 11.6 Å². The van der Waals surface area contributed by atoms with E-state index < -0.39 is 5.78 Å². The van der Waals surface area contributed by atoms with Gasteiger partial charge in [0.25, 0.3) is 5.56 Å². The third kappa shape index (κ3) is 3.07. The molecule has 1 heterocycles. The Morgan fingerprint density at radius 2 is 1.92 bits per heavy atom. The van der Waals surface area contributed by atoms with E-state index >= 15 is 0 Å². The minimum absolute atomic E-state index is 0.0755. The molecule has 0 aliphatic carbocycles. The number of benzene rings is 2. The van der Waals surface area contributed by atoms with E-state index in [1.165, 1.54) is 23.0 Å². The van der Waals surface area contributed by atoms with Gasteiger partial charge in [-0.15, -0.1) is 0 Å². The van der Waals surface area contributed by atoms with Crippen molar-refractivity contribution in [3.8, 4) is 6.07 Å². The summed E-state index contributed by atoms with van der Waals surface area (Å²) in [6, 6.07) is 16.1. The number of carbonyl (C=O) groups is 1. The number of nitrogens with one attached hydrogen (secondary N) is 1. The van der Waals surface area contributed by atoms with Crippen LogP contribution < -0.4 is 5.56 Å². The summed E-state index contributed by atoms with van der Waals surface area (Å²) in [5.74, 6) is -0.406. The number of nitriles is 1. The molecule has 3 rings (SSSR count). The molecule has 0 amide bonds. The van der Waals surface area contributed by atoms with Gasteiger partial charge in [-0.05, 0) is 29.1 Å². The minimum atomic E-state index is -0.406. The van der Waals surface area contributed by atoms with Crippen molar-refractivity contribution in [1.29, 1.82) is 5.26 Å². The molecule has 0 aliphatic heterocycles. The smallest absolute Gasteiger partial charge is 0.251 e. The number of nitrogens with zero attached hydrogens (tertiary/aromatic N) is 2. The van der Waals surface area contributed by atoms with E-state index in [1.54, 1.807) is 12.1 Å². The molecule has 1 aromatic heterocycles. The van der Waals surface area contributed by atoms with Crippen molar-refractivity contribution in [2.45, 2.75) is 0 Å². The fraction of sp³-hybridized carbons (Fsp3) is 0. The lowest BCUT2D eigenvalue weighted by molar-refractivity contribution is 0.104. The van der Waals surface area contributed by atoms with Crippen LogP contribution in [0, 0.1) is 16.1 Å². The molecule has 2 aromatic carbocycles. The predicted molar refractivity (Wildman–Crippen MR) is 94.1 cm³/mol. The number of carbonyl (C=O) groups excluding carboxylic acids is 1. The molecule has 0 saturated carbocycles. The Morgan fingerprint density at radius 1 is 1.17 bits per heavy atom. The Kier molecular flexibility index (Phi) is 4.18. The highest BCUT2D eigenvalue weighted by Crippen LogP contribution is 2.18. The minimum Gasteiger partial charge on any atom is -0.299 e. The van der Waals surface area contributed by atoms with Crippen molar-refractivity contribution < 1.29 is 4.79 Å². The second-order valence-electron chi connectivity index (χ2n) is 5.06. The van der Waals surface area contributed by atoms with E-state index in [9.17, 15) is 14.9 Å². The van der Waals surface area contributed by atoms with Gasteiger partial charge in [0.2, 0.25) is 5.78 Å². The van der Waals surface area contributed by atoms with Gasteiger partial charge in [-0.3, -0.25) is 19.1 Å². The maximum Gasteiger partial charge on any atom is 0.251 e. The Morgan fingerprint density at radius 3 is 2.62 bits per heavy atom. The Labute approximate surface area is 142 Å². The maximum atomic E-state index is 12.6. The molecule has 0 unspecified atom stereocenters. The van der Waals surface area contributed by atoms with Crippen molar-refractivity contribution in [3.63, 3.8) is 0 Å². The summed E-state index contributed by atoms with van der Waals surface area (Å²) in [7, 11) is 0. The molecule has 0 atom stereocenters. The fourth-order valence-electron chi connectivity index (χ4n) is 2.29. The molecule has 0 fully saturated rings. The Bertz CT molecular complexity index is 1130. The third-order valence-electron chi connectivity index (χ3n) is 3.50. The maximum absolute atomic E-state index is 12.6. The van der Waals surface area contributed by atoms with Crippen LogP contribution in [0.1, 0.15) is 10.4 Å². The number of aromatic nitrogens is 2. The van der Waals surface area contributed by atoms with Gasteiger partial charge >= 0.3 is 0 Å². The lowest BCUT2D eigenvalue weighted by Crippen LogP contribution is -2.09. The van der Waals surface area contributed by atoms with Crippen molar-refractivity contribution in [2.24, 2.45) is 0 Å². The first kappa shape index (κ1) is 15.6. The van der Waals surface area contributed by atoms with Crippen LogP contribution in [0.25, 0.3) is 17.0 Å².